The second-order valence-corrected chi connectivity index (χ2v) is 6.25. The third-order valence-corrected chi connectivity index (χ3v) is 4.21. The van der Waals surface area contributed by atoms with E-state index in [4.69, 9.17) is 23.2 Å². The van der Waals surface area contributed by atoms with Gasteiger partial charge >= 0.3 is 0 Å². The van der Waals surface area contributed by atoms with E-state index in [9.17, 15) is 0 Å². The Morgan fingerprint density at radius 1 is 1.05 bits per heavy atom. The Labute approximate surface area is 137 Å². The van der Waals surface area contributed by atoms with Crippen molar-refractivity contribution >= 4 is 23.2 Å². The molecule has 2 aromatic carbocycles. The molecule has 0 fully saturated rings. The smallest absolute Gasteiger partial charge is 0.0580 e. The molecule has 0 amide bonds. The zero-order chi connectivity index (χ0) is 15.4. The second kappa shape index (κ2) is 7.31. The fraction of sp³-hybridized carbons (Fsp3) is 0.333. The first-order chi connectivity index (χ1) is 10.0. The monoisotopic (exact) mass is 321 g/mol. The number of hydrogen-bond acceptors (Lipinski definition) is 1. The van der Waals surface area contributed by atoms with Gasteiger partial charge in [0, 0.05) is 10.0 Å². The Kier molecular flexibility index (Phi) is 5.69. The quantitative estimate of drug-likeness (QED) is 0.744. The van der Waals surface area contributed by atoms with E-state index < -0.39 is 0 Å². The SMILES string of the molecule is CCCNC(c1cc(Cl)cc(Cl)c1)c1cccc(C)c1C. The van der Waals surface area contributed by atoms with Crippen molar-refractivity contribution in [1.82, 2.24) is 5.32 Å². The fourth-order valence-corrected chi connectivity index (χ4v) is 3.07. The van der Waals surface area contributed by atoms with Crippen molar-refractivity contribution in [3.05, 3.63) is 68.7 Å². The highest BCUT2D eigenvalue weighted by molar-refractivity contribution is 6.34. The lowest BCUT2D eigenvalue weighted by molar-refractivity contribution is 0.596. The van der Waals surface area contributed by atoms with Crippen molar-refractivity contribution in [1.29, 1.82) is 0 Å². The van der Waals surface area contributed by atoms with Gasteiger partial charge in [0.25, 0.3) is 0 Å². The molecule has 2 rings (SSSR count). The summed E-state index contributed by atoms with van der Waals surface area (Å²) in [6.45, 7) is 7.42. The van der Waals surface area contributed by atoms with Crippen LogP contribution in [0.1, 0.15) is 41.6 Å². The number of rotatable bonds is 5. The van der Waals surface area contributed by atoms with Gasteiger partial charge in [0.1, 0.15) is 0 Å². The van der Waals surface area contributed by atoms with Gasteiger partial charge in [0.2, 0.25) is 0 Å². The summed E-state index contributed by atoms with van der Waals surface area (Å²) in [5.41, 5.74) is 4.99. The molecule has 0 aliphatic rings. The summed E-state index contributed by atoms with van der Waals surface area (Å²) < 4.78 is 0. The van der Waals surface area contributed by atoms with Crippen LogP contribution in [0.25, 0.3) is 0 Å². The molecule has 112 valence electrons. The number of nitrogens with one attached hydrogen (secondary N) is 1. The highest BCUT2D eigenvalue weighted by atomic mass is 35.5. The summed E-state index contributed by atoms with van der Waals surface area (Å²) in [6.07, 6.45) is 1.08. The van der Waals surface area contributed by atoms with Gasteiger partial charge in [-0.25, -0.2) is 0 Å². The lowest BCUT2D eigenvalue weighted by Gasteiger charge is -2.23. The first-order valence-electron chi connectivity index (χ1n) is 7.28. The van der Waals surface area contributed by atoms with Gasteiger partial charge in [-0.2, -0.15) is 0 Å². The maximum Gasteiger partial charge on any atom is 0.0580 e. The van der Waals surface area contributed by atoms with E-state index >= 15 is 0 Å². The molecule has 21 heavy (non-hydrogen) atoms. The Bertz CT molecular complexity index is 602. The van der Waals surface area contributed by atoms with Crippen LogP contribution in [0.4, 0.5) is 0 Å². The first kappa shape index (κ1) is 16.4. The molecular formula is C18H21Cl2N. The maximum absolute atomic E-state index is 6.17. The number of benzene rings is 2. The van der Waals surface area contributed by atoms with Gasteiger partial charge in [-0.15, -0.1) is 0 Å². The van der Waals surface area contributed by atoms with Crippen molar-refractivity contribution in [2.45, 2.75) is 33.2 Å². The summed E-state index contributed by atoms with van der Waals surface area (Å²) in [6, 6.07) is 12.3. The highest BCUT2D eigenvalue weighted by Gasteiger charge is 2.17. The van der Waals surface area contributed by atoms with Crippen molar-refractivity contribution in [2.75, 3.05) is 6.54 Å². The molecule has 0 bridgehead atoms. The molecule has 0 spiro atoms. The minimum Gasteiger partial charge on any atom is -0.306 e. The predicted molar refractivity (Wildman–Crippen MR) is 92.5 cm³/mol. The average Bonchev–Trinajstić information content (AvgIpc) is 2.42. The average molecular weight is 322 g/mol. The molecule has 0 radical (unpaired) electrons. The molecule has 3 heteroatoms. The minimum atomic E-state index is 0.112. The molecule has 2 aromatic rings. The topological polar surface area (TPSA) is 12.0 Å². The molecule has 0 heterocycles. The van der Waals surface area contributed by atoms with Gasteiger partial charge in [0.15, 0.2) is 0 Å². The highest BCUT2D eigenvalue weighted by Crippen LogP contribution is 2.30. The van der Waals surface area contributed by atoms with Crippen LogP contribution >= 0.6 is 23.2 Å². The molecule has 1 atom stereocenters. The summed E-state index contributed by atoms with van der Waals surface area (Å²) in [7, 11) is 0. The summed E-state index contributed by atoms with van der Waals surface area (Å²) in [4.78, 5) is 0. The van der Waals surface area contributed by atoms with Crippen LogP contribution in [-0.4, -0.2) is 6.54 Å². The molecule has 0 saturated carbocycles. The van der Waals surface area contributed by atoms with Gasteiger partial charge < -0.3 is 5.32 Å². The van der Waals surface area contributed by atoms with Crippen LogP contribution in [0, 0.1) is 13.8 Å². The predicted octanol–water partition coefficient (Wildman–Crippen LogP) is 5.70. The Morgan fingerprint density at radius 2 is 1.71 bits per heavy atom. The zero-order valence-corrected chi connectivity index (χ0v) is 14.2. The van der Waals surface area contributed by atoms with Crippen LogP contribution in [0.2, 0.25) is 10.0 Å². The maximum atomic E-state index is 6.17. The van der Waals surface area contributed by atoms with Crippen LogP contribution < -0.4 is 5.32 Å². The van der Waals surface area contributed by atoms with Crippen LogP contribution in [-0.2, 0) is 0 Å². The largest absolute Gasteiger partial charge is 0.306 e. The number of hydrogen-bond donors (Lipinski definition) is 1. The van der Waals surface area contributed by atoms with Crippen molar-refractivity contribution in [3.63, 3.8) is 0 Å². The summed E-state index contributed by atoms with van der Waals surface area (Å²) in [5, 5.41) is 4.95. The van der Waals surface area contributed by atoms with Crippen molar-refractivity contribution < 1.29 is 0 Å². The lowest BCUT2D eigenvalue weighted by Crippen LogP contribution is -2.24. The number of aryl methyl sites for hydroxylation is 1. The van der Waals surface area contributed by atoms with Gasteiger partial charge in [-0.3, -0.25) is 0 Å². The van der Waals surface area contributed by atoms with Gasteiger partial charge in [-0.1, -0.05) is 48.3 Å². The molecule has 0 aliphatic carbocycles. The summed E-state index contributed by atoms with van der Waals surface area (Å²) >= 11 is 12.3. The van der Waals surface area contributed by atoms with Gasteiger partial charge in [-0.05, 0) is 67.3 Å². The van der Waals surface area contributed by atoms with Gasteiger partial charge in [0.05, 0.1) is 6.04 Å². The number of halogens is 2. The van der Waals surface area contributed by atoms with Crippen LogP contribution in [0.5, 0.6) is 0 Å². The Balaban J connectivity index is 2.49. The standard InChI is InChI=1S/C18H21Cl2N/c1-4-8-21-18(14-9-15(19)11-16(20)10-14)17-7-5-6-12(2)13(17)3/h5-7,9-11,18,21H,4,8H2,1-3H3. The minimum absolute atomic E-state index is 0.112. The van der Waals surface area contributed by atoms with Crippen molar-refractivity contribution in [2.24, 2.45) is 0 Å². The molecular weight excluding hydrogens is 301 g/mol. The molecule has 1 unspecified atom stereocenters. The zero-order valence-electron chi connectivity index (χ0n) is 12.7. The molecule has 0 saturated heterocycles. The Hall–Kier alpha value is -1.02. The van der Waals surface area contributed by atoms with Crippen molar-refractivity contribution in [3.8, 4) is 0 Å². The summed E-state index contributed by atoms with van der Waals surface area (Å²) in [5.74, 6) is 0. The van der Waals surface area contributed by atoms with E-state index in [2.05, 4.69) is 44.3 Å². The molecule has 0 aliphatic heterocycles. The van der Waals surface area contributed by atoms with E-state index in [0.29, 0.717) is 10.0 Å². The molecule has 0 aromatic heterocycles. The fourth-order valence-electron chi connectivity index (χ4n) is 2.52. The molecule has 1 N–H and O–H groups in total. The third kappa shape index (κ3) is 4.00. The van der Waals surface area contributed by atoms with E-state index in [1.807, 2.05) is 12.1 Å². The van der Waals surface area contributed by atoms with E-state index in [1.54, 1.807) is 6.07 Å². The van der Waals surface area contributed by atoms with Crippen LogP contribution in [0.3, 0.4) is 0 Å². The third-order valence-electron chi connectivity index (χ3n) is 3.77. The van der Waals surface area contributed by atoms with E-state index in [-0.39, 0.29) is 6.04 Å². The lowest BCUT2D eigenvalue weighted by atomic mass is 9.92. The second-order valence-electron chi connectivity index (χ2n) is 5.38. The van der Waals surface area contributed by atoms with Crippen LogP contribution in [0.15, 0.2) is 36.4 Å². The van der Waals surface area contributed by atoms with E-state index in [0.717, 1.165) is 18.5 Å². The normalized spacial score (nSPS) is 12.4. The Morgan fingerprint density at radius 3 is 2.33 bits per heavy atom. The first-order valence-corrected chi connectivity index (χ1v) is 8.04. The van der Waals surface area contributed by atoms with E-state index in [1.165, 1.54) is 16.7 Å². The molecule has 1 nitrogen and oxygen atoms in total.